The van der Waals surface area contributed by atoms with Gasteiger partial charge in [-0.1, -0.05) is 0 Å². The molecule has 50 valence electrons. The van der Waals surface area contributed by atoms with Gasteiger partial charge in [0.15, 0.2) is 0 Å². The van der Waals surface area contributed by atoms with Crippen LogP contribution in [-0.2, 0) is 4.79 Å². The van der Waals surface area contributed by atoms with E-state index in [0.29, 0.717) is 17.6 Å². The second kappa shape index (κ2) is 1.57. The highest BCUT2D eigenvalue weighted by Gasteiger charge is 2.44. The van der Waals surface area contributed by atoms with Crippen LogP contribution in [-0.4, -0.2) is 30.8 Å². The average molecular weight is 125 g/mol. The lowest BCUT2D eigenvalue weighted by molar-refractivity contribution is -0.142. The normalized spacial score (nSPS) is 42.6. The number of fused-ring (bicyclic) bond motifs is 2. The van der Waals surface area contributed by atoms with Crippen LogP contribution in [0, 0.1) is 11.8 Å². The molecule has 1 saturated carbocycles. The Bertz CT molecular complexity index is 141. The maximum atomic E-state index is 11.0. The van der Waals surface area contributed by atoms with Gasteiger partial charge in [-0.2, -0.15) is 0 Å². The highest BCUT2D eigenvalue weighted by Crippen LogP contribution is 2.34. The molecule has 2 saturated heterocycles. The van der Waals surface area contributed by atoms with E-state index in [4.69, 9.17) is 0 Å². The first-order valence-electron chi connectivity index (χ1n) is 3.49. The molecule has 3 fully saturated rings. The molecule has 2 nitrogen and oxygen atoms in total. The zero-order valence-corrected chi connectivity index (χ0v) is 5.63. The van der Waals surface area contributed by atoms with Gasteiger partial charge in [0.2, 0.25) is 0 Å². The third-order valence-electron chi connectivity index (χ3n) is 2.44. The van der Waals surface area contributed by atoms with E-state index >= 15 is 0 Å². The summed E-state index contributed by atoms with van der Waals surface area (Å²) < 4.78 is 0. The van der Waals surface area contributed by atoms with Crippen molar-refractivity contribution in [3.63, 3.8) is 0 Å². The van der Waals surface area contributed by atoms with Crippen molar-refractivity contribution in [3.8, 4) is 0 Å². The fourth-order valence-corrected chi connectivity index (χ4v) is 1.90. The Labute approximate surface area is 54.8 Å². The SMILES string of the molecule is CN1CC2C[C@H](C1)C2=O. The highest BCUT2D eigenvalue weighted by atomic mass is 16.1. The summed E-state index contributed by atoms with van der Waals surface area (Å²) in [6.45, 7) is 2.02. The zero-order chi connectivity index (χ0) is 6.43. The van der Waals surface area contributed by atoms with Crippen molar-refractivity contribution in [2.24, 2.45) is 11.8 Å². The summed E-state index contributed by atoms with van der Waals surface area (Å²) in [7, 11) is 2.09. The Kier molecular flexibility index (Phi) is 0.943. The van der Waals surface area contributed by atoms with E-state index in [2.05, 4.69) is 11.9 Å². The summed E-state index contributed by atoms with van der Waals surface area (Å²) in [5.41, 5.74) is 0. The molecule has 3 rings (SSSR count). The summed E-state index contributed by atoms with van der Waals surface area (Å²) in [6.07, 6.45) is 1.17. The van der Waals surface area contributed by atoms with Gasteiger partial charge in [-0.25, -0.2) is 0 Å². The summed E-state index contributed by atoms with van der Waals surface area (Å²) in [4.78, 5) is 13.2. The van der Waals surface area contributed by atoms with E-state index in [1.165, 1.54) is 6.42 Å². The monoisotopic (exact) mass is 125 g/mol. The Morgan fingerprint density at radius 2 is 2.00 bits per heavy atom. The molecule has 2 heterocycles. The Morgan fingerprint density at radius 1 is 1.44 bits per heavy atom. The Balaban J connectivity index is 2.09. The molecule has 0 aromatic heterocycles. The van der Waals surface area contributed by atoms with E-state index < -0.39 is 0 Å². The van der Waals surface area contributed by atoms with Gasteiger partial charge in [-0.05, 0) is 13.5 Å². The van der Waals surface area contributed by atoms with Crippen molar-refractivity contribution >= 4 is 5.78 Å². The van der Waals surface area contributed by atoms with E-state index in [-0.39, 0.29) is 0 Å². The van der Waals surface area contributed by atoms with Gasteiger partial charge in [-0.15, -0.1) is 0 Å². The lowest BCUT2D eigenvalue weighted by atomic mass is 9.70. The average Bonchev–Trinajstić information content (AvgIpc) is 1.87. The second-order valence-electron chi connectivity index (χ2n) is 3.25. The fraction of sp³-hybridized carbons (Fsp3) is 0.857. The van der Waals surface area contributed by atoms with Gasteiger partial charge in [0.1, 0.15) is 5.78 Å². The predicted molar refractivity (Wildman–Crippen MR) is 34.1 cm³/mol. The van der Waals surface area contributed by atoms with Crippen LogP contribution in [0.2, 0.25) is 0 Å². The number of carbonyl (C=O) groups is 1. The molecule has 1 aliphatic carbocycles. The minimum Gasteiger partial charge on any atom is -0.305 e. The maximum Gasteiger partial charge on any atom is 0.141 e. The van der Waals surface area contributed by atoms with Crippen LogP contribution in [0.5, 0.6) is 0 Å². The van der Waals surface area contributed by atoms with Gasteiger partial charge in [-0.3, -0.25) is 4.79 Å². The summed E-state index contributed by atoms with van der Waals surface area (Å²) >= 11 is 0. The van der Waals surface area contributed by atoms with Crippen molar-refractivity contribution in [1.29, 1.82) is 0 Å². The van der Waals surface area contributed by atoms with Gasteiger partial charge in [0, 0.05) is 24.9 Å². The first-order chi connectivity index (χ1) is 4.27. The van der Waals surface area contributed by atoms with Crippen LogP contribution in [0.15, 0.2) is 0 Å². The number of nitrogens with zero attached hydrogens (tertiary/aromatic N) is 1. The topological polar surface area (TPSA) is 20.3 Å². The molecular formula is C7H11NO. The van der Waals surface area contributed by atoms with Crippen LogP contribution in [0.3, 0.4) is 0 Å². The molecule has 3 aliphatic rings. The second-order valence-corrected chi connectivity index (χ2v) is 3.25. The van der Waals surface area contributed by atoms with Crippen LogP contribution >= 0.6 is 0 Å². The lowest BCUT2D eigenvalue weighted by Gasteiger charge is -2.43. The Morgan fingerprint density at radius 3 is 2.33 bits per heavy atom. The number of Topliss-reactive ketones (excluding diaryl/α,β-unsaturated/α-hetero) is 1. The minimum atomic E-state index is 0.411. The van der Waals surface area contributed by atoms with Gasteiger partial charge >= 0.3 is 0 Å². The number of carbonyl (C=O) groups excluding carboxylic acids is 1. The minimum absolute atomic E-state index is 0.411. The largest absolute Gasteiger partial charge is 0.305 e. The van der Waals surface area contributed by atoms with Crippen molar-refractivity contribution in [3.05, 3.63) is 0 Å². The van der Waals surface area contributed by atoms with Crippen LogP contribution in [0.25, 0.3) is 0 Å². The van der Waals surface area contributed by atoms with Crippen LogP contribution < -0.4 is 0 Å². The first-order valence-corrected chi connectivity index (χ1v) is 3.49. The van der Waals surface area contributed by atoms with E-state index in [0.717, 1.165) is 13.1 Å². The van der Waals surface area contributed by atoms with Crippen molar-refractivity contribution in [1.82, 2.24) is 4.90 Å². The number of hydrogen-bond donors (Lipinski definition) is 0. The molecule has 0 amide bonds. The number of piperidine rings is 2. The molecule has 2 atom stereocenters. The molecule has 0 spiro atoms. The molecule has 0 aromatic rings. The van der Waals surface area contributed by atoms with Crippen molar-refractivity contribution < 1.29 is 4.79 Å². The van der Waals surface area contributed by atoms with Crippen molar-refractivity contribution in [2.75, 3.05) is 20.1 Å². The van der Waals surface area contributed by atoms with E-state index in [1.54, 1.807) is 0 Å². The Hall–Kier alpha value is -0.370. The molecule has 2 bridgehead atoms. The molecule has 0 radical (unpaired) electrons. The number of rotatable bonds is 0. The number of hydrogen-bond acceptors (Lipinski definition) is 2. The molecule has 2 aliphatic heterocycles. The van der Waals surface area contributed by atoms with Crippen LogP contribution in [0.4, 0.5) is 0 Å². The molecule has 1 unspecified atom stereocenters. The first kappa shape index (κ1) is 5.42. The maximum absolute atomic E-state index is 11.0. The third kappa shape index (κ3) is 0.628. The quantitative estimate of drug-likeness (QED) is 0.459. The van der Waals surface area contributed by atoms with Gasteiger partial charge in [0.25, 0.3) is 0 Å². The zero-order valence-electron chi connectivity index (χ0n) is 5.63. The third-order valence-corrected chi connectivity index (χ3v) is 2.44. The fourth-order valence-electron chi connectivity index (χ4n) is 1.90. The van der Waals surface area contributed by atoms with Gasteiger partial charge in [0.05, 0.1) is 0 Å². The summed E-state index contributed by atoms with van der Waals surface area (Å²) in [5, 5.41) is 0. The van der Waals surface area contributed by atoms with Crippen LogP contribution in [0.1, 0.15) is 6.42 Å². The molecule has 0 N–H and O–H groups in total. The summed E-state index contributed by atoms with van der Waals surface area (Å²) in [6, 6.07) is 0. The van der Waals surface area contributed by atoms with Crippen molar-refractivity contribution in [2.45, 2.75) is 6.42 Å². The predicted octanol–water partition coefficient (Wildman–Crippen LogP) is 0.137. The summed E-state index contributed by atoms with van der Waals surface area (Å²) in [5.74, 6) is 1.34. The number of ketones is 1. The smallest absolute Gasteiger partial charge is 0.141 e. The standard InChI is InChI=1S/C7H11NO/c1-8-3-5-2-6(4-8)7(5)9/h5-6H,2-4H2,1H3/t5-,6?/m1/s1. The molecular weight excluding hydrogens is 114 g/mol. The molecule has 9 heavy (non-hydrogen) atoms. The highest BCUT2D eigenvalue weighted by molar-refractivity contribution is 5.90. The van der Waals surface area contributed by atoms with E-state index in [1.807, 2.05) is 0 Å². The molecule has 0 aromatic carbocycles. The molecule has 2 heteroatoms. The lowest BCUT2D eigenvalue weighted by Crippen LogP contribution is -2.54. The van der Waals surface area contributed by atoms with E-state index in [9.17, 15) is 4.79 Å². The van der Waals surface area contributed by atoms with Gasteiger partial charge < -0.3 is 4.90 Å².